The van der Waals surface area contributed by atoms with Gasteiger partial charge in [-0.1, -0.05) is 143 Å². The van der Waals surface area contributed by atoms with E-state index in [-0.39, 0.29) is 22.7 Å². The third kappa shape index (κ3) is 3.83. The minimum absolute atomic E-state index is 0.0242. The Bertz CT molecular complexity index is 1850. The van der Waals surface area contributed by atoms with Gasteiger partial charge in [-0.15, -0.1) is 0 Å². The van der Waals surface area contributed by atoms with Crippen molar-refractivity contribution < 1.29 is 0 Å². The van der Waals surface area contributed by atoms with Crippen LogP contribution in [0.25, 0.3) is 28.3 Å². The molecule has 0 bridgehead atoms. The summed E-state index contributed by atoms with van der Waals surface area (Å²) in [4.78, 5) is 15.2. The number of aromatic nitrogens is 3. The van der Waals surface area contributed by atoms with E-state index in [1.54, 1.807) is 11.1 Å². The van der Waals surface area contributed by atoms with Crippen LogP contribution < -0.4 is 0 Å². The highest BCUT2D eigenvalue weighted by atomic mass is 15.0. The Labute approximate surface area is 254 Å². The van der Waals surface area contributed by atoms with Gasteiger partial charge in [0, 0.05) is 22.5 Å². The van der Waals surface area contributed by atoms with Crippen LogP contribution in [0.5, 0.6) is 0 Å². The van der Waals surface area contributed by atoms with Crippen LogP contribution in [-0.4, -0.2) is 15.0 Å². The lowest BCUT2D eigenvalue weighted by molar-refractivity contribution is 0.298. The molecule has 1 heterocycles. The second-order valence-corrected chi connectivity index (χ2v) is 13.7. The molecule has 3 unspecified atom stereocenters. The van der Waals surface area contributed by atoms with Gasteiger partial charge in [0.25, 0.3) is 0 Å². The highest BCUT2D eigenvalue weighted by Gasteiger charge is 2.52. The topological polar surface area (TPSA) is 38.7 Å². The fraction of sp³-hybridized carbons (Fsp3) is 0.275. The predicted molar refractivity (Wildman–Crippen MR) is 175 cm³/mol. The molecule has 4 aliphatic rings. The van der Waals surface area contributed by atoms with Crippen LogP contribution in [0.1, 0.15) is 63.9 Å². The third-order valence-electron chi connectivity index (χ3n) is 10.7. The highest BCUT2D eigenvalue weighted by molar-refractivity contribution is 5.85. The van der Waals surface area contributed by atoms with Gasteiger partial charge in [-0.3, -0.25) is 0 Å². The fourth-order valence-corrected chi connectivity index (χ4v) is 8.46. The first-order valence-corrected chi connectivity index (χ1v) is 15.6. The van der Waals surface area contributed by atoms with Crippen molar-refractivity contribution in [2.24, 2.45) is 17.3 Å². The molecule has 1 aromatic heterocycles. The Kier molecular flexibility index (Phi) is 5.69. The summed E-state index contributed by atoms with van der Waals surface area (Å²) in [5.74, 6) is 3.11. The van der Waals surface area contributed by atoms with Crippen LogP contribution in [0.2, 0.25) is 0 Å². The minimum atomic E-state index is 0.0242. The van der Waals surface area contributed by atoms with Crippen molar-refractivity contribution in [2.75, 3.05) is 0 Å². The average Bonchev–Trinajstić information content (AvgIpc) is 3.40. The van der Waals surface area contributed by atoms with Gasteiger partial charge in [-0.25, -0.2) is 15.0 Å². The SMILES string of the molecule is CC1C2=C(C=CC1c1nc(-c3ccccc3)nc(-c3ccccc3)n1)C1=CC3=C(CC1C2(C)C)c1ccccc1C3(C)C. The Morgan fingerprint density at radius 3 is 1.98 bits per heavy atom. The van der Waals surface area contributed by atoms with Crippen LogP contribution in [0, 0.1) is 17.3 Å². The van der Waals surface area contributed by atoms with Gasteiger partial charge in [0.2, 0.25) is 0 Å². The molecule has 4 aliphatic carbocycles. The molecule has 3 aromatic carbocycles. The van der Waals surface area contributed by atoms with Crippen LogP contribution in [0.3, 0.4) is 0 Å². The predicted octanol–water partition coefficient (Wildman–Crippen LogP) is 9.52. The van der Waals surface area contributed by atoms with Gasteiger partial charge >= 0.3 is 0 Å². The molecule has 0 saturated carbocycles. The maximum Gasteiger partial charge on any atom is 0.163 e. The summed E-state index contributed by atoms with van der Waals surface area (Å²) < 4.78 is 0. The highest BCUT2D eigenvalue weighted by Crippen LogP contribution is 2.63. The summed E-state index contributed by atoms with van der Waals surface area (Å²) >= 11 is 0. The van der Waals surface area contributed by atoms with Crippen LogP contribution in [0.15, 0.2) is 125 Å². The molecule has 0 amide bonds. The van der Waals surface area contributed by atoms with E-state index in [1.807, 2.05) is 36.4 Å². The Balaban J connectivity index is 1.22. The lowest BCUT2D eigenvalue weighted by Crippen LogP contribution is -2.29. The first-order chi connectivity index (χ1) is 20.7. The number of rotatable bonds is 3. The van der Waals surface area contributed by atoms with Gasteiger partial charge in [-0.2, -0.15) is 0 Å². The molecule has 43 heavy (non-hydrogen) atoms. The van der Waals surface area contributed by atoms with E-state index < -0.39 is 0 Å². The number of allylic oxidation sites excluding steroid dienone is 8. The van der Waals surface area contributed by atoms with Crippen LogP contribution in [-0.2, 0) is 5.41 Å². The van der Waals surface area contributed by atoms with E-state index >= 15 is 0 Å². The number of hydrogen-bond acceptors (Lipinski definition) is 3. The minimum Gasteiger partial charge on any atom is -0.212 e. The van der Waals surface area contributed by atoms with Gasteiger partial charge in [0.05, 0.1) is 0 Å². The zero-order valence-corrected chi connectivity index (χ0v) is 25.6. The number of fused-ring (bicyclic) bond motifs is 4. The van der Waals surface area contributed by atoms with E-state index in [2.05, 4.69) is 101 Å². The molecule has 3 heteroatoms. The molecule has 3 atom stereocenters. The Morgan fingerprint density at radius 1 is 0.721 bits per heavy atom. The maximum atomic E-state index is 5.13. The van der Waals surface area contributed by atoms with Crippen molar-refractivity contribution in [3.05, 3.63) is 142 Å². The molecule has 212 valence electrons. The van der Waals surface area contributed by atoms with Crippen molar-refractivity contribution in [1.82, 2.24) is 15.0 Å². The zero-order chi connectivity index (χ0) is 29.5. The number of nitrogens with zero attached hydrogens (tertiary/aromatic N) is 3. The molecule has 0 aliphatic heterocycles. The second kappa shape index (κ2) is 9.31. The summed E-state index contributed by atoms with van der Waals surface area (Å²) in [7, 11) is 0. The first-order valence-electron chi connectivity index (χ1n) is 15.6. The lowest BCUT2D eigenvalue weighted by Gasteiger charge is -2.38. The molecule has 0 N–H and O–H groups in total. The van der Waals surface area contributed by atoms with Gasteiger partial charge < -0.3 is 0 Å². The van der Waals surface area contributed by atoms with Crippen LogP contribution >= 0.6 is 0 Å². The van der Waals surface area contributed by atoms with E-state index in [9.17, 15) is 0 Å². The smallest absolute Gasteiger partial charge is 0.163 e. The van der Waals surface area contributed by atoms with E-state index in [1.165, 1.54) is 27.8 Å². The molecule has 0 saturated heterocycles. The number of hydrogen-bond donors (Lipinski definition) is 0. The molecule has 8 rings (SSSR count). The normalized spacial score (nSPS) is 24.3. The third-order valence-corrected chi connectivity index (χ3v) is 10.7. The summed E-state index contributed by atoms with van der Waals surface area (Å²) in [6, 6.07) is 29.6. The van der Waals surface area contributed by atoms with Crippen molar-refractivity contribution >= 4 is 5.57 Å². The van der Waals surface area contributed by atoms with Gasteiger partial charge in [0.15, 0.2) is 11.6 Å². The molecule has 0 fully saturated rings. The molecule has 0 spiro atoms. The molecular weight excluding hydrogens is 522 g/mol. The van der Waals surface area contributed by atoms with Crippen molar-refractivity contribution in [2.45, 2.75) is 52.4 Å². The molecule has 3 nitrogen and oxygen atoms in total. The Morgan fingerprint density at radius 2 is 1.33 bits per heavy atom. The van der Waals surface area contributed by atoms with Crippen LogP contribution in [0.4, 0.5) is 0 Å². The second-order valence-electron chi connectivity index (χ2n) is 13.7. The molecule has 4 aromatic rings. The van der Waals surface area contributed by atoms with Crippen molar-refractivity contribution in [3.8, 4) is 22.8 Å². The van der Waals surface area contributed by atoms with Gasteiger partial charge in [-0.05, 0) is 57.1 Å². The van der Waals surface area contributed by atoms with E-state index in [0.29, 0.717) is 5.92 Å². The van der Waals surface area contributed by atoms with E-state index in [4.69, 9.17) is 15.0 Å². The monoisotopic (exact) mass is 559 g/mol. The first kappa shape index (κ1) is 26.3. The largest absolute Gasteiger partial charge is 0.212 e. The molecular formula is C40H37N3. The summed E-state index contributed by atoms with van der Waals surface area (Å²) in [5, 5.41) is 0. The standard InChI is InChI=1S/C40H37N3/c1-24-27(38-42-36(25-14-8-6-9-15-25)41-37(43-38)26-16-10-7-11-17-26)20-21-29-31-23-33-30(22-34(31)40(4,5)35(24)29)28-18-12-13-19-32(28)39(33,2)3/h6-21,23-24,27,34H,22H2,1-5H3. The quantitative estimate of drug-likeness (QED) is 0.251. The fourth-order valence-electron chi connectivity index (χ4n) is 8.46. The summed E-state index contributed by atoms with van der Waals surface area (Å²) in [6.45, 7) is 12.1. The summed E-state index contributed by atoms with van der Waals surface area (Å²) in [5.41, 5.74) is 12.6. The lowest BCUT2D eigenvalue weighted by atomic mass is 9.66. The van der Waals surface area contributed by atoms with E-state index in [0.717, 1.165) is 35.0 Å². The summed E-state index contributed by atoms with van der Waals surface area (Å²) in [6.07, 6.45) is 8.41. The zero-order valence-electron chi connectivity index (χ0n) is 25.6. The van der Waals surface area contributed by atoms with Crippen molar-refractivity contribution in [1.29, 1.82) is 0 Å². The molecule has 0 radical (unpaired) electrons. The Hall–Kier alpha value is -4.37. The van der Waals surface area contributed by atoms with Crippen molar-refractivity contribution in [3.63, 3.8) is 0 Å². The maximum absolute atomic E-state index is 5.13. The van der Waals surface area contributed by atoms with Gasteiger partial charge in [0.1, 0.15) is 5.82 Å². The average molecular weight is 560 g/mol. The number of benzene rings is 3.